The largest absolute Gasteiger partial charge is 0.389 e. The molecule has 0 unspecified atom stereocenters. The summed E-state index contributed by atoms with van der Waals surface area (Å²) in [6.45, 7) is 0. The van der Waals surface area contributed by atoms with E-state index < -0.39 is 0 Å². The van der Waals surface area contributed by atoms with E-state index in [1.807, 2.05) is 0 Å². The van der Waals surface area contributed by atoms with Crippen molar-refractivity contribution >= 4 is 21.6 Å². The molecule has 1 aliphatic rings. The first-order valence-corrected chi connectivity index (χ1v) is 5.28. The van der Waals surface area contributed by atoms with E-state index in [-0.39, 0.29) is 12.2 Å². The van der Waals surface area contributed by atoms with Crippen molar-refractivity contribution in [3.05, 3.63) is 0 Å². The van der Waals surface area contributed by atoms with Crippen LogP contribution in [0.25, 0.3) is 0 Å². The second-order valence-electron chi connectivity index (χ2n) is 1.91. The number of hydrogen-bond donors (Lipinski definition) is 1. The van der Waals surface area contributed by atoms with Crippen LogP contribution >= 0.6 is 21.6 Å². The lowest BCUT2D eigenvalue weighted by molar-refractivity contribution is 0.0149. The fraction of sp³-hybridized carbons (Fsp3) is 1.00. The van der Waals surface area contributed by atoms with E-state index in [1.165, 1.54) is 0 Å². The van der Waals surface area contributed by atoms with Gasteiger partial charge in [0.05, 0.1) is 12.2 Å². The molecular weight excluding hydrogens is 156 g/mol. The van der Waals surface area contributed by atoms with Crippen molar-refractivity contribution in [2.24, 2.45) is 0 Å². The Morgan fingerprint density at radius 3 is 2.56 bits per heavy atom. The van der Waals surface area contributed by atoms with Gasteiger partial charge in [0, 0.05) is 18.6 Å². The molecule has 54 valence electrons. The fourth-order valence-electron chi connectivity index (χ4n) is 0.677. The predicted molar refractivity (Wildman–Crippen MR) is 41.7 cm³/mol. The molecule has 9 heavy (non-hydrogen) atoms. The van der Waals surface area contributed by atoms with Gasteiger partial charge < -0.3 is 9.84 Å². The minimum absolute atomic E-state index is 0.0521. The van der Waals surface area contributed by atoms with Crippen molar-refractivity contribution in [3.8, 4) is 0 Å². The van der Waals surface area contributed by atoms with Crippen LogP contribution in [-0.4, -0.2) is 35.9 Å². The molecule has 2 atom stereocenters. The number of ether oxygens (including phenoxy) is 1. The van der Waals surface area contributed by atoms with E-state index >= 15 is 0 Å². The summed E-state index contributed by atoms with van der Waals surface area (Å²) in [6, 6.07) is 0. The highest BCUT2D eigenvalue weighted by Gasteiger charge is 2.22. The summed E-state index contributed by atoms with van der Waals surface area (Å²) in [4.78, 5) is 0. The summed E-state index contributed by atoms with van der Waals surface area (Å²) < 4.78 is 5.02. The maximum Gasteiger partial charge on any atom is 0.0937 e. The molecule has 1 N–H and O–H groups in total. The van der Waals surface area contributed by atoms with Crippen LogP contribution in [-0.2, 0) is 4.74 Å². The highest BCUT2D eigenvalue weighted by atomic mass is 33.1. The summed E-state index contributed by atoms with van der Waals surface area (Å²) in [7, 11) is 5.12. The standard InChI is InChI=1S/C5H10O2S2/c1-7-5-3-9-8-2-4(5)6/h4-6H,2-3H2,1H3/t4-,5+/m0/s1. The summed E-state index contributed by atoms with van der Waals surface area (Å²) in [6.07, 6.45) is -0.211. The Labute approximate surface area is 62.7 Å². The number of aliphatic hydroxyl groups excluding tert-OH is 1. The monoisotopic (exact) mass is 166 g/mol. The van der Waals surface area contributed by atoms with Gasteiger partial charge in [-0.25, -0.2) is 0 Å². The Kier molecular flexibility index (Phi) is 3.18. The van der Waals surface area contributed by atoms with E-state index in [0.717, 1.165) is 11.5 Å². The van der Waals surface area contributed by atoms with E-state index in [4.69, 9.17) is 4.74 Å². The van der Waals surface area contributed by atoms with Crippen LogP contribution in [0.4, 0.5) is 0 Å². The summed E-state index contributed by atoms with van der Waals surface area (Å²) in [5, 5.41) is 9.21. The summed E-state index contributed by atoms with van der Waals surface area (Å²) >= 11 is 0. The smallest absolute Gasteiger partial charge is 0.0937 e. The number of aliphatic hydroxyl groups is 1. The van der Waals surface area contributed by atoms with Crippen molar-refractivity contribution in [1.82, 2.24) is 0 Å². The molecule has 0 radical (unpaired) electrons. The molecule has 1 rings (SSSR count). The van der Waals surface area contributed by atoms with Gasteiger partial charge >= 0.3 is 0 Å². The normalized spacial score (nSPS) is 36.7. The lowest BCUT2D eigenvalue weighted by Gasteiger charge is -2.24. The Morgan fingerprint density at radius 1 is 1.44 bits per heavy atom. The Hall–Kier alpha value is 0.620. The molecule has 1 heterocycles. The van der Waals surface area contributed by atoms with Gasteiger partial charge in [-0.2, -0.15) is 0 Å². The second kappa shape index (κ2) is 3.71. The van der Waals surface area contributed by atoms with Gasteiger partial charge in [-0.1, -0.05) is 21.6 Å². The average Bonchev–Trinajstić information content (AvgIpc) is 1.89. The molecule has 1 aliphatic heterocycles. The summed E-state index contributed by atoms with van der Waals surface area (Å²) in [5.74, 6) is 1.70. The minimum Gasteiger partial charge on any atom is -0.389 e. The third-order valence-corrected chi connectivity index (χ3v) is 3.71. The van der Waals surface area contributed by atoms with Gasteiger partial charge in [-0.15, -0.1) is 0 Å². The van der Waals surface area contributed by atoms with Crippen LogP contribution < -0.4 is 0 Å². The van der Waals surface area contributed by atoms with Gasteiger partial charge in [0.15, 0.2) is 0 Å². The lowest BCUT2D eigenvalue weighted by atomic mass is 10.2. The highest BCUT2D eigenvalue weighted by Crippen LogP contribution is 2.30. The molecule has 0 aromatic carbocycles. The minimum atomic E-state index is -0.263. The van der Waals surface area contributed by atoms with Gasteiger partial charge in [-0.3, -0.25) is 0 Å². The first-order valence-electron chi connectivity index (χ1n) is 2.80. The van der Waals surface area contributed by atoms with Crippen molar-refractivity contribution in [2.75, 3.05) is 18.6 Å². The molecule has 0 aromatic rings. The third kappa shape index (κ3) is 2.04. The molecule has 0 bridgehead atoms. The van der Waals surface area contributed by atoms with Crippen LogP contribution in [0.2, 0.25) is 0 Å². The first-order chi connectivity index (χ1) is 4.34. The zero-order chi connectivity index (χ0) is 6.69. The zero-order valence-electron chi connectivity index (χ0n) is 5.24. The SMILES string of the molecule is CO[C@@H]1CSSC[C@@H]1O. The maximum atomic E-state index is 9.21. The molecule has 1 saturated heterocycles. The van der Waals surface area contributed by atoms with E-state index in [1.54, 1.807) is 28.7 Å². The molecule has 0 spiro atoms. The van der Waals surface area contributed by atoms with Crippen molar-refractivity contribution in [2.45, 2.75) is 12.2 Å². The first kappa shape index (κ1) is 7.72. The molecule has 0 aromatic heterocycles. The number of methoxy groups -OCH3 is 1. The van der Waals surface area contributed by atoms with Crippen LogP contribution in [0.15, 0.2) is 0 Å². The zero-order valence-corrected chi connectivity index (χ0v) is 6.87. The molecular formula is C5H10O2S2. The van der Waals surface area contributed by atoms with Crippen molar-refractivity contribution < 1.29 is 9.84 Å². The summed E-state index contributed by atoms with van der Waals surface area (Å²) in [5.41, 5.74) is 0. The Bertz CT molecular complexity index is 89.0. The average molecular weight is 166 g/mol. The van der Waals surface area contributed by atoms with E-state index in [9.17, 15) is 5.11 Å². The Morgan fingerprint density at radius 2 is 2.11 bits per heavy atom. The van der Waals surface area contributed by atoms with E-state index in [2.05, 4.69) is 0 Å². The molecule has 2 nitrogen and oxygen atoms in total. The number of rotatable bonds is 1. The van der Waals surface area contributed by atoms with Crippen molar-refractivity contribution in [3.63, 3.8) is 0 Å². The van der Waals surface area contributed by atoms with E-state index in [0.29, 0.717) is 0 Å². The van der Waals surface area contributed by atoms with Gasteiger partial charge in [0.25, 0.3) is 0 Å². The van der Waals surface area contributed by atoms with Crippen LogP contribution in [0.1, 0.15) is 0 Å². The lowest BCUT2D eigenvalue weighted by Crippen LogP contribution is -2.34. The van der Waals surface area contributed by atoms with Gasteiger partial charge in [0.1, 0.15) is 0 Å². The maximum absolute atomic E-state index is 9.21. The highest BCUT2D eigenvalue weighted by molar-refractivity contribution is 8.76. The molecule has 0 aliphatic carbocycles. The van der Waals surface area contributed by atoms with Crippen LogP contribution in [0.5, 0.6) is 0 Å². The number of hydrogen-bond acceptors (Lipinski definition) is 4. The fourth-order valence-corrected chi connectivity index (χ4v) is 3.11. The topological polar surface area (TPSA) is 29.5 Å². The third-order valence-electron chi connectivity index (χ3n) is 1.29. The van der Waals surface area contributed by atoms with Gasteiger partial charge in [0.2, 0.25) is 0 Å². The molecule has 4 heteroatoms. The van der Waals surface area contributed by atoms with Crippen molar-refractivity contribution in [1.29, 1.82) is 0 Å². The second-order valence-corrected chi connectivity index (χ2v) is 4.46. The molecule has 0 saturated carbocycles. The molecule has 1 fully saturated rings. The van der Waals surface area contributed by atoms with Gasteiger partial charge in [-0.05, 0) is 0 Å². The molecule has 0 amide bonds. The quantitative estimate of drug-likeness (QED) is 0.582. The predicted octanol–water partition coefficient (Wildman–Crippen LogP) is 0.757. The van der Waals surface area contributed by atoms with Crippen LogP contribution in [0.3, 0.4) is 0 Å². The van der Waals surface area contributed by atoms with Crippen LogP contribution in [0, 0.1) is 0 Å². The Balaban J connectivity index is 2.30.